The van der Waals surface area contributed by atoms with Crippen LogP contribution in [0, 0.1) is 0 Å². The summed E-state index contributed by atoms with van der Waals surface area (Å²) in [7, 11) is 1.56. The molecular weight excluding hydrogens is 380 g/mol. The Morgan fingerprint density at radius 1 is 1.03 bits per heavy atom. The molecule has 0 fully saturated rings. The van der Waals surface area contributed by atoms with Gasteiger partial charge in [0.15, 0.2) is 5.71 Å². The first kappa shape index (κ1) is 19.2. The summed E-state index contributed by atoms with van der Waals surface area (Å²) in [6, 6.07) is 24.4. The van der Waals surface area contributed by atoms with E-state index in [9.17, 15) is 9.90 Å². The van der Waals surface area contributed by atoms with E-state index in [1.807, 2.05) is 59.2 Å². The SMILES string of the molecule is COc1ccc(/C(=N/Nc2nc3ccccc3n2Cc2ccccc2)C(=O)O)cc1. The fourth-order valence-electron chi connectivity index (χ4n) is 3.18. The number of anilines is 1. The molecule has 2 N–H and O–H groups in total. The summed E-state index contributed by atoms with van der Waals surface area (Å²) in [5, 5.41) is 13.8. The molecule has 0 spiro atoms. The fraction of sp³-hybridized carbons (Fsp3) is 0.0870. The van der Waals surface area contributed by atoms with Crippen LogP contribution in [0.4, 0.5) is 5.95 Å². The molecule has 0 aliphatic heterocycles. The van der Waals surface area contributed by atoms with Crippen molar-refractivity contribution in [1.82, 2.24) is 9.55 Å². The van der Waals surface area contributed by atoms with Gasteiger partial charge in [-0.3, -0.25) is 0 Å². The van der Waals surface area contributed by atoms with E-state index in [4.69, 9.17) is 4.74 Å². The minimum absolute atomic E-state index is 0.115. The van der Waals surface area contributed by atoms with Gasteiger partial charge in [-0.05, 0) is 42.0 Å². The smallest absolute Gasteiger partial charge is 0.356 e. The van der Waals surface area contributed by atoms with Gasteiger partial charge in [0.25, 0.3) is 0 Å². The lowest BCUT2D eigenvalue weighted by molar-refractivity contribution is -0.129. The molecule has 7 heteroatoms. The molecule has 0 unspecified atom stereocenters. The number of imidazole rings is 1. The van der Waals surface area contributed by atoms with E-state index in [-0.39, 0.29) is 5.71 Å². The molecule has 0 bridgehead atoms. The zero-order valence-electron chi connectivity index (χ0n) is 16.3. The number of carboxylic acids is 1. The first-order chi connectivity index (χ1) is 14.7. The number of hydrogen-bond donors (Lipinski definition) is 2. The Labute approximate surface area is 173 Å². The van der Waals surface area contributed by atoms with Crippen molar-refractivity contribution in [3.8, 4) is 5.75 Å². The van der Waals surface area contributed by atoms with Crippen molar-refractivity contribution in [3.05, 3.63) is 90.0 Å². The van der Waals surface area contributed by atoms with Gasteiger partial charge in [0.2, 0.25) is 5.95 Å². The van der Waals surface area contributed by atoms with E-state index in [0.29, 0.717) is 23.8 Å². The molecule has 7 nitrogen and oxygen atoms in total. The summed E-state index contributed by atoms with van der Waals surface area (Å²) in [6.07, 6.45) is 0. The predicted octanol–water partition coefficient (Wildman–Crippen LogP) is 3.99. The van der Waals surface area contributed by atoms with Crippen molar-refractivity contribution >= 4 is 28.7 Å². The molecule has 0 saturated heterocycles. The van der Waals surface area contributed by atoms with E-state index in [0.717, 1.165) is 16.6 Å². The monoisotopic (exact) mass is 400 g/mol. The van der Waals surface area contributed by atoms with Gasteiger partial charge in [-0.2, -0.15) is 5.10 Å². The molecule has 1 heterocycles. The lowest BCUT2D eigenvalue weighted by Crippen LogP contribution is -2.17. The third-order valence-electron chi connectivity index (χ3n) is 4.67. The molecule has 0 amide bonds. The minimum atomic E-state index is -1.14. The average molecular weight is 400 g/mol. The highest BCUT2D eigenvalue weighted by Gasteiger charge is 2.15. The molecule has 0 atom stereocenters. The van der Waals surface area contributed by atoms with Crippen molar-refractivity contribution in [2.24, 2.45) is 5.10 Å². The largest absolute Gasteiger partial charge is 0.497 e. The zero-order chi connectivity index (χ0) is 20.9. The number of hydrazone groups is 1. The van der Waals surface area contributed by atoms with Crippen LogP contribution in [0.3, 0.4) is 0 Å². The topological polar surface area (TPSA) is 88.7 Å². The molecule has 0 aliphatic rings. The number of aromatic nitrogens is 2. The number of ether oxygens (including phenoxy) is 1. The highest BCUT2D eigenvalue weighted by molar-refractivity contribution is 6.42. The maximum absolute atomic E-state index is 11.8. The number of nitrogens with one attached hydrogen (secondary N) is 1. The molecule has 0 saturated carbocycles. The Morgan fingerprint density at radius 3 is 2.43 bits per heavy atom. The highest BCUT2D eigenvalue weighted by atomic mass is 16.5. The summed E-state index contributed by atoms with van der Waals surface area (Å²) in [5.41, 5.74) is 6.03. The van der Waals surface area contributed by atoms with Crippen LogP contribution in [-0.4, -0.2) is 33.4 Å². The van der Waals surface area contributed by atoms with Gasteiger partial charge in [-0.1, -0.05) is 42.5 Å². The third kappa shape index (κ3) is 4.00. The van der Waals surface area contributed by atoms with E-state index >= 15 is 0 Å². The number of methoxy groups -OCH3 is 1. The second kappa shape index (κ2) is 8.48. The molecule has 3 aromatic carbocycles. The Balaban J connectivity index is 1.71. The molecule has 150 valence electrons. The number of carbonyl (C=O) groups is 1. The second-order valence-electron chi connectivity index (χ2n) is 6.60. The normalized spacial score (nSPS) is 11.4. The first-order valence-corrected chi connectivity index (χ1v) is 9.36. The number of hydrogen-bond acceptors (Lipinski definition) is 5. The highest BCUT2D eigenvalue weighted by Crippen LogP contribution is 2.21. The summed E-state index contributed by atoms with van der Waals surface area (Å²) >= 11 is 0. The maximum atomic E-state index is 11.8. The van der Waals surface area contributed by atoms with Crippen LogP contribution in [0.5, 0.6) is 5.75 Å². The first-order valence-electron chi connectivity index (χ1n) is 9.36. The molecular formula is C23H20N4O3. The van der Waals surface area contributed by atoms with Crippen LogP contribution >= 0.6 is 0 Å². The number of carboxylic acid groups (broad SMARTS) is 1. The van der Waals surface area contributed by atoms with Crippen molar-refractivity contribution in [3.63, 3.8) is 0 Å². The van der Waals surface area contributed by atoms with Crippen LogP contribution in [0.1, 0.15) is 11.1 Å². The van der Waals surface area contributed by atoms with Crippen LogP contribution < -0.4 is 10.2 Å². The molecule has 4 rings (SSSR count). The standard InChI is InChI=1S/C23H20N4O3/c1-30-18-13-11-17(12-14-18)21(22(28)29)25-26-23-24-19-9-5-6-10-20(19)27(23)15-16-7-3-2-4-8-16/h2-14H,15H2,1H3,(H,24,26)(H,28,29)/b25-21-. The van der Waals surface area contributed by atoms with E-state index in [2.05, 4.69) is 15.5 Å². The van der Waals surface area contributed by atoms with Crippen LogP contribution in [0.2, 0.25) is 0 Å². The number of nitrogens with zero attached hydrogens (tertiary/aromatic N) is 3. The maximum Gasteiger partial charge on any atom is 0.356 e. The van der Waals surface area contributed by atoms with Crippen molar-refractivity contribution in [2.45, 2.75) is 6.54 Å². The van der Waals surface area contributed by atoms with Gasteiger partial charge in [-0.15, -0.1) is 0 Å². The van der Waals surface area contributed by atoms with Crippen LogP contribution in [0.15, 0.2) is 84.0 Å². The van der Waals surface area contributed by atoms with Gasteiger partial charge < -0.3 is 14.4 Å². The van der Waals surface area contributed by atoms with Gasteiger partial charge in [0, 0.05) is 5.56 Å². The Kier molecular flexibility index (Phi) is 5.43. The molecule has 0 aliphatic carbocycles. The van der Waals surface area contributed by atoms with E-state index in [1.165, 1.54) is 0 Å². The predicted molar refractivity (Wildman–Crippen MR) is 116 cm³/mol. The lowest BCUT2D eigenvalue weighted by atomic mass is 10.1. The van der Waals surface area contributed by atoms with Crippen LogP contribution in [-0.2, 0) is 11.3 Å². The number of benzene rings is 3. The number of aliphatic carboxylic acids is 1. The van der Waals surface area contributed by atoms with Gasteiger partial charge in [0.05, 0.1) is 24.7 Å². The summed E-state index contributed by atoms with van der Waals surface area (Å²) in [6.45, 7) is 0.574. The Bertz CT molecular complexity index is 1200. The fourth-order valence-corrected chi connectivity index (χ4v) is 3.18. The third-order valence-corrected chi connectivity index (χ3v) is 4.67. The van der Waals surface area contributed by atoms with Crippen molar-refractivity contribution in [2.75, 3.05) is 12.5 Å². The molecule has 30 heavy (non-hydrogen) atoms. The minimum Gasteiger partial charge on any atom is -0.497 e. The summed E-state index contributed by atoms with van der Waals surface area (Å²) in [5.74, 6) is -0.0354. The Morgan fingerprint density at radius 2 is 1.73 bits per heavy atom. The molecule has 1 aromatic heterocycles. The number of para-hydroxylation sites is 2. The van der Waals surface area contributed by atoms with Crippen molar-refractivity contribution < 1.29 is 14.6 Å². The van der Waals surface area contributed by atoms with Gasteiger partial charge in [0.1, 0.15) is 5.75 Å². The number of rotatable bonds is 7. The molecule has 4 aromatic rings. The average Bonchev–Trinajstić information content (AvgIpc) is 3.12. The van der Waals surface area contributed by atoms with Crippen molar-refractivity contribution in [1.29, 1.82) is 0 Å². The zero-order valence-corrected chi connectivity index (χ0v) is 16.3. The van der Waals surface area contributed by atoms with Gasteiger partial charge in [-0.25, -0.2) is 15.2 Å². The molecule has 0 radical (unpaired) electrons. The Hall–Kier alpha value is -4.13. The van der Waals surface area contributed by atoms with E-state index < -0.39 is 5.97 Å². The second-order valence-corrected chi connectivity index (χ2v) is 6.60. The van der Waals surface area contributed by atoms with Crippen LogP contribution in [0.25, 0.3) is 11.0 Å². The quantitative estimate of drug-likeness (QED) is 0.362. The van der Waals surface area contributed by atoms with E-state index in [1.54, 1.807) is 31.4 Å². The van der Waals surface area contributed by atoms with Gasteiger partial charge >= 0.3 is 5.97 Å². The number of fused-ring (bicyclic) bond motifs is 1. The summed E-state index contributed by atoms with van der Waals surface area (Å²) in [4.78, 5) is 16.4. The summed E-state index contributed by atoms with van der Waals surface area (Å²) < 4.78 is 7.10. The lowest BCUT2D eigenvalue weighted by Gasteiger charge is -2.10.